The minimum Gasteiger partial charge on any atom is -0.229 e. The van der Waals surface area contributed by atoms with Crippen LogP contribution < -0.4 is 0 Å². The molecule has 0 radical (unpaired) electrons. The molecule has 0 fully saturated rings. The molecule has 0 heterocycles. The van der Waals surface area contributed by atoms with Gasteiger partial charge in [0, 0.05) is 16.7 Å². The van der Waals surface area contributed by atoms with Gasteiger partial charge in [-0.25, -0.2) is 4.39 Å². The van der Waals surface area contributed by atoms with Gasteiger partial charge >= 0.3 is 0 Å². The Morgan fingerprint density at radius 3 is 2.06 bits per heavy atom. The van der Waals surface area contributed by atoms with E-state index >= 15 is 4.39 Å². The Kier molecular flexibility index (Phi) is 2.88. The minimum atomic E-state index is -3.10. The summed E-state index contributed by atoms with van der Waals surface area (Å²) >= 11 is 0. The standard InChI is InChI=1S/C15H15F3/c1-4-9-14(16)10(2)11(3)15(17,18)13-8-6-5-7-12(13)14/h4-9H,1-3H3/b9-4+. The second kappa shape index (κ2) is 4.01. The summed E-state index contributed by atoms with van der Waals surface area (Å²) in [4.78, 5) is 0. The van der Waals surface area contributed by atoms with Crippen LogP contribution in [0.1, 0.15) is 31.9 Å². The molecule has 0 nitrogen and oxygen atoms in total. The number of fused-ring (bicyclic) bond motifs is 1. The zero-order valence-electron chi connectivity index (χ0n) is 10.6. The van der Waals surface area contributed by atoms with E-state index in [0.717, 1.165) is 0 Å². The summed E-state index contributed by atoms with van der Waals surface area (Å²) in [7, 11) is 0. The SMILES string of the molecule is C/C=C/C1(F)C(C)=C(C)C(F)(F)c2ccccc21. The second-order valence-electron chi connectivity index (χ2n) is 4.58. The fourth-order valence-electron chi connectivity index (χ4n) is 2.43. The van der Waals surface area contributed by atoms with Gasteiger partial charge in [0.05, 0.1) is 0 Å². The molecule has 0 amide bonds. The van der Waals surface area contributed by atoms with Gasteiger partial charge in [-0.2, -0.15) is 8.78 Å². The second-order valence-corrected chi connectivity index (χ2v) is 4.58. The summed E-state index contributed by atoms with van der Waals surface area (Å²) in [5.74, 6) is -3.10. The maximum absolute atomic E-state index is 15.1. The molecule has 96 valence electrons. The van der Waals surface area contributed by atoms with Gasteiger partial charge in [-0.1, -0.05) is 30.3 Å². The third-order valence-corrected chi connectivity index (χ3v) is 3.63. The van der Waals surface area contributed by atoms with Crippen molar-refractivity contribution in [3.8, 4) is 0 Å². The summed E-state index contributed by atoms with van der Waals surface area (Å²) in [6, 6.07) is 5.82. The van der Waals surface area contributed by atoms with Crippen molar-refractivity contribution in [3.63, 3.8) is 0 Å². The van der Waals surface area contributed by atoms with Crippen molar-refractivity contribution in [1.82, 2.24) is 0 Å². The number of rotatable bonds is 1. The van der Waals surface area contributed by atoms with E-state index in [2.05, 4.69) is 0 Å². The predicted molar refractivity (Wildman–Crippen MR) is 66.3 cm³/mol. The van der Waals surface area contributed by atoms with Crippen molar-refractivity contribution in [2.45, 2.75) is 32.4 Å². The summed E-state index contributed by atoms with van der Waals surface area (Å²) in [6.45, 7) is 4.40. The van der Waals surface area contributed by atoms with E-state index in [4.69, 9.17) is 0 Å². The van der Waals surface area contributed by atoms with E-state index in [9.17, 15) is 8.78 Å². The lowest BCUT2D eigenvalue weighted by molar-refractivity contribution is 0.0252. The Labute approximate surface area is 105 Å². The van der Waals surface area contributed by atoms with Crippen LogP contribution in [-0.2, 0) is 11.6 Å². The quantitative estimate of drug-likeness (QED) is 0.625. The first-order chi connectivity index (χ1) is 8.35. The highest BCUT2D eigenvalue weighted by Gasteiger charge is 2.49. The van der Waals surface area contributed by atoms with Crippen molar-refractivity contribution in [2.75, 3.05) is 0 Å². The first-order valence-electron chi connectivity index (χ1n) is 5.84. The van der Waals surface area contributed by atoms with Crippen molar-refractivity contribution in [1.29, 1.82) is 0 Å². The Morgan fingerprint density at radius 1 is 0.944 bits per heavy atom. The Balaban J connectivity index is 2.83. The summed E-state index contributed by atoms with van der Waals surface area (Å²) in [5, 5.41) is 0. The first-order valence-corrected chi connectivity index (χ1v) is 5.84. The predicted octanol–water partition coefficient (Wildman–Crippen LogP) is 4.87. The number of benzene rings is 1. The zero-order valence-corrected chi connectivity index (χ0v) is 10.6. The van der Waals surface area contributed by atoms with Gasteiger partial charge in [0.25, 0.3) is 5.92 Å². The molecule has 1 unspecified atom stereocenters. The van der Waals surface area contributed by atoms with Crippen molar-refractivity contribution in [2.24, 2.45) is 0 Å². The number of alkyl halides is 3. The maximum Gasteiger partial charge on any atom is 0.295 e. The average molecular weight is 252 g/mol. The van der Waals surface area contributed by atoms with E-state index in [1.54, 1.807) is 19.1 Å². The van der Waals surface area contributed by atoms with Crippen LogP contribution in [0, 0.1) is 0 Å². The van der Waals surface area contributed by atoms with Crippen LogP contribution >= 0.6 is 0 Å². The molecule has 0 bridgehead atoms. The van der Waals surface area contributed by atoms with Crippen LogP contribution in [0.15, 0.2) is 47.6 Å². The third-order valence-electron chi connectivity index (χ3n) is 3.63. The van der Waals surface area contributed by atoms with Gasteiger partial charge < -0.3 is 0 Å². The molecule has 1 aromatic rings. The highest BCUT2D eigenvalue weighted by Crippen LogP contribution is 2.52. The van der Waals surface area contributed by atoms with Gasteiger partial charge in [0.1, 0.15) is 0 Å². The molecular formula is C15H15F3. The average Bonchev–Trinajstić information content (AvgIpc) is 2.35. The van der Waals surface area contributed by atoms with Crippen LogP contribution in [0.5, 0.6) is 0 Å². The molecule has 1 aliphatic rings. The lowest BCUT2D eigenvalue weighted by Crippen LogP contribution is -2.33. The van der Waals surface area contributed by atoms with E-state index < -0.39 is 11.6 Å². The first kappa shape index (κ1) is 12.9. The Morgan fingerprint density at radius 2 is 1.50 bits per heavy atom. The number of hydrogen-bond acceptors (Lipinski definition) is 0. The molecular weight excluding hydrogens is 237 g/mol. The number of hydrogen-bond donors (Lipinski definition) is 0. The van der Waals surface area contributed by atoms with Crippen LogP contribution in [-0.4, -0.2) is 0 Å². The highest BCUT2D eigenvalue weighted by atomic mass is 19.3. The van der Waals surface area contributed by atoms with Gasteiger partial charge in [0.15, 0.2) is 5.67 Å². The van der Waals surface area contributed by atoms with Crippen LogP contribution in [0.25, 0.3) is 0 Å². The van der Waals surface area contributed by atoms with Crippen LogP contribution in [0.3, 0.4) is 0 Å². The molecule has 1 atom stereocenters. The fraction of sp³-hybridized carbons (Fsp3) is 0.333. The lowest BCUT2D eigenvalue weighted by atomic mass is 9.75. The van der Waals surface area contributed by atoms with Crippen molar-refractivity contribution >= 4 is 0 Å². The fourth-order valence-corrected chi connectivity index (χ4v) is 2.43. The Hall–Kier alpha value is -1.51. The molecule has 2 rings (SSSR count). The van der Waals surface area contributed by atoms with Crippen LogP contribution in [0.2, 0.25) is 0 Å². The molecule has 0 N–H and O–H groups in total. The molecule has 0 spiro atoms. The smallest absolute Gasteiger partial charge is 0.229 e. The summed E-state index contributed by atoms with van der Waals surface area (Å²) in [6.07, 6.45) is 2.89. The maximum atomic E-state index is 15.1. The zero-order chi connectivity index (χ0) is 13.6. The van der Waals surface area contributed by atoms with Gasteiger partial charge in [-0.3, -0.25) is 0 Å². The van der Waals surface area contributed by atoms with Crippen LogP contribution in [0.4, 0.5) is 13.2 Å². The van der Waals surface area contributed by atoms with Gasteiger partial charge in [0.2, 0.25) is 0 Å². The molecule has 0 saturated carbocycles. The molecule has 0 aliphatic heterocycles. The Bertz CT molecular complexity index is 540. The van der Waals surface area contributed by atoms with Gasteiger partial charge in [-0.05, 0) is 32.4 Å². The van der Waals surface area contributed by atoms with Crippen molar-refractivity contribution in [3.05, 3.63) is 58.7 Å². The molecule has 0 aromatic heterocycles. The van der Waals surface area contributed by atoms with E-state index in [0.29, 0.717) is 0 Å². The molecule has 1 aromatic carbocycles. The number of halogens is 3. The highest BCUT2D eigenvalue weighted by molar-refractivity contribution is 5.53. The van der Waals surface area contributed by atoms with E-state index in [-0.39, 0.29) is 22.3 Å². The lowest BCUT2D eigenvalue weighted by Gasteiger charge is -2.36. The minimum absolute atomic E-state index is 0.0381. The van der Waals surface area contributed by atoms with E-state index in [1.165, 1.54) is 38.1 Å². The summed E-state index contributed by atoms with van der Waals surface area (Å²) < 4.78 is 43.4. The number of allylic oxidation sites excluding steroid dienone is 4. The molecule has 3 heteroatoms. The largest absolute Gasteiger partial charge is 0.295 e. The molecule has 18 heavy (non-hydrogen) atoms. The van der Waals surface area contributed by atoms with Crippen molar-refractivity contribution < 1.29 is 13.2 Å². The molecule has 1 aliphatic carbocycles. The topological polar surface area (TPSA) is 0 Å². The molecule has 0 saturated heterocycles. The third kappa shape index (κ3) is 1.53. The monoisotopic (exact) mass is 252 g/mol. The normalized spacial score (nSPS) is 26.6. The summed E-state index contributed by atoms with van der Waals surface area (Å²) in [5.41, 5.74) is -2.27. The van der Waals surface area contributed by atoms with Gasteiger partial charge in [-0.15, -0.1) is 0 Å². The van der Waals surface area contributed by atoms with E-state index in [1.807, 2.05) is 0 Å².